The van der Waals surface area contributed by atoms with Crippen molar-refractivity contribution in [2.24, 2.45) is 11.3 Å². The summed E-state index contributed by atoms with van der Waals surface area (Å²) >= 11 is 0. The molecule has 2 rings (SSSR count). The Morgan fingerprint density at radius 1 is 1.20 bits per heavy atom. The molecule has 0 amide bonds. The van der Waals surface area contributed by atoms with Crippen LogP contribution in [0.25, 0.3) is 0 Å². The van der Waals surface area contributed by atoms with Gasteiger partial charge in [-0.3, -0.25) is 0 Å². The van der Waals surface area contributed by atoms with Crippen molar-refractivity contribution in [3.8, 4) is 0 Å². The molecule has 0 heteroatoms. The summed E-state index contributed by atoms with van der Waals surface area (Å²) in [7, 11) is 0. The first-order valence-corrected chi connectivity index (χ1v) is 4.67. The molecule has 1 radical (unpaired) electrons. The van der Waals surface area contributed by atoms with Crippen molar-refractivity contribution in [2.75, 3.05) is 0 Å². The minimum atomic E-state index is 0.736. The lowest BCUT2D eigenvalue weighted by Crippen LogP contribution is -2.17. The first kappa shape index (κ1) is 6.69. The Morgan fingerprint density at radius 3 is 2.20 bits per heavy atom. The Morgan fingerprint density at radius 2 is 1.80 bits per heavy atom. The highest BCUT2D eigenvalue weighted by atomic mass is 14.5. The first-order valence-electron chi connectivity index (χ1n) is 4.67. The summed E-state index contributed by atoms with van der Waals surface area (Å²) in [5.74, 6) is 1.07. The van der Waals surface area contributed by atoms with E-state index in [-0.39, 0.29) is 0 Å². The topological polar surface area (TPSA) is 0 Å². The minimum Gasteiger partial charge on any atom is -0.0527 e. The Balaban J connectivity index is 2.15. The second-order valence-electron chi connectivity index (χ2n) is 4.09. The van der Waals surface area contributed by atoms with Gasteiger partial charge in [-0.1, -0.05) is 19.8 Å². The van der Waals surface area contributed by atoms with Gasteiger partial charge in [0.25, 0.3) is 0 Å². The van der Waals surface area contributed by atoms with Crippen LogP contribution in [0, 0.1) is 18.3 Å². The van der Waals surface area contributed by atoms with Gasteiger partial charge < -0.3 is 0 Å². The highest BCUT2D eigenvalue weighted by molar-refractivity contribution is 4.96. The number of hydrogen-bond donors (Lipinski definition) is 0. The van der Waals surface area contributed by atoms with Crippen LogP contribution in [-0.2, 0) is 0 Å². The highest BCUT2D eigenvalue weighted by Crippen LogP contribution is 2.55. The molecule has 0 aromatic carbocycles. The molecule has 0 bridgehead atoms. The second kappa shape index (κ2) is 2.25. The molecular weight excluding hydrogens is 120 g/mol. The van der Waals surface area contributed by atoms with Gasteiger partial charge in [0, 0.05) is 0 Å². The fourth-order valence-electron chi connectivity index (χ4n) is 3.15. The van der Waals surface area contributed by atoms with Gasteiger partial charge in [-0.25, -0.2) is 0 Å². The summed E-state index contributed by atoms with van der Waals surface area (Å²) in [5, 5.41) is 0. The summed E-state index contributed by atoms with van der Waals surface area (Å²) in [4.78, 5) is 0. The summed E-state index contributed by atoms with van der Waals surface area (Å²) in [6.07, 6.45) is 10.2. The Hall–Kier alpha value is 0. The predicted octanol–water partition coefficient (Wildman–Crippen LogP) is 3.18. The zero-order valence-electron chi connectivity index (χ0n) is 6.73. The molecule has 2 aliphatic carbocycles. The average Bonchev–Trinajstić information content (AvgIpc) is 2.42. The standard InChI is InChI=1S/C10H17/c1-2-10-7-3-5-9(10)6-4-8-10/h9H,1-8H2. The van der Waals surface area contributed by atoms with Gasteiger partial charge in [-0.15, -0.1) is 0 Å². The van der Waals surface area contributed by atoms with Crippen molar-refractivity contribution in [1.82, 2.24) is 0 Å². The number of hydrogen-bond acceptors (Lipinski definition) is 0. The molecule has 0 N–H and O–H groups in total. The van der Waals surface area contributed by atoms with E-state index in [4.69, 9.17) is 0 Å². The third-order valence-electron chi connectivity index (χ3n) is 3.82. The maximum absolute atomic E-state index is 4.10. The molecule has 10 heavy (non-hydrogen) atoms. The molecule has 0 aromatic heterocycles. The highest BCUT2D eigenvalue weighted by Gasteiger charge is 2.44. The third-order valence-corrected chi connectivity index (χ3v) is 3.82. The lowest BCUT2D eigenvalue weighted by Gasteiger charge is -2.27. The molecule has 0 spiro atoms. The molecule has 0 atom stereocenters. The van der Waals surface area contributed by atoms with Crippen LogP contribution in [0.15, 0.2) is 0 Å². The van der Waals surface area contributed by atoms with Crippen LogP contribution >= 0.6 is 0 Å². The Bertz CT molecular complexity index is 116. The Kier molecular flexibility index (Phi) is 1.51. The van der Waals surface area contributed by atoms with E-state index >= 15 is 0 Å². The largest absolute Gasteiger partial charge is 0.0527 e. The minimum absolute atomic E-state index is 0.736. The molecule has 2 fully saturated rings. The van der Waals surface area contributed by atoms with Gasteiger partial charge in [-0.2, -0.15) is 0 Å². The molecule has 0 unspecified atom stereocenters. The average molecular weight is 137 g/mol. The fraction of sp³-hybridized carbons (Fsp3) is 0.900. The molecule has 57 valence electrons. The van der Waals surface area contributed by atoms with Crippen LogP contribution in [-0.4, -0.2) is 0 Å². The van der Waals surface area contributed by atoms with Crippen LogP contribution in [0.1, 0.15) is 44.9 Å². The van der Waals surface area contributed by atoms with Crippen LogP contribution in [0.5, 0.6) is 0 Å². The van der Waals surface area contributed by atoms with Crippen molar-refractivity contribution in [1.29, 1.82) is 0 Å². The predicted molar refractivity (Wildman–Crippen MR) is 43.6 cm³/mol. The first-order chi connectivity index (χ1) is 4.87. The molecule has 0 saturated heterocycles. The van der Waals surface area contributed by atoms with Crippen LogP contribution in [0.4, 0.5) is 0 Å². The molecule has 0 heterocycles. The van der Waals surface area contributed by atoms with Gasteiger partial charge in [0.05, 0.1) is 0 Å². The van der Waals surface area contributed by atoms with Crippen LogP contribution in [0.3, 0.4) is 0 Å². The van der Waals surface area contributed by atoms with Crippen LogP contribution < -0.4 is 0 Å². The molecule has 2 saturated carbocycles. The van der Waals surface area contributed by atoms with Gasteiger partial charge >= 0.3 is 0 Å². The van der Waals surface area contributed by atoms with Gasteiger partial charge in [0.2, 0.25) is 0 Å². The third kappa shape index (κ3) is 0.741. The van der Waals surface area contributed by atoms with Gasteiger partial charge in [0.15, 0.2) is 0 Å². The van der Waals surface area contributed by atoms with Crippen molar-refractivity contribution >= 4 is 0 Å². The van der Waals surface area contributed by atoms with E-state index in [1.54, 1.807) is 0 Å². The smallest absolute Gasteiger partial charge is 0.0269 e. The van der Waals surface area contributed by atoms with Crippen LogP contribution in [0.2, 0.25) is 0 Å². The van der Waals surface area contributed by atoms with E-state index in [2.05, 4.69) is 6.92 Å². The lowest BCUT2D eigenvalue weighted by molar-refractivity contribution is 0.244. The Labute approximate surface area is 64.0 Å². The van der Waals surface area contributed by atoms with Gasteiger partial charge in [-0.05, 0) is 43.4 Å². The van der Waals surface area contributed by atoms with Crippen molar-refractivity contribution < 1.29 is 0 Å². The van der Waals surface area contributed by atoms with Crippen molar-refractivity contribution in [3.63, 3.8) is 0 Å². The van der Waals surface area contributed by atoms with E-state index in [0.29, 0.717) is 0 Å². The SMILES string of the molecule is [CH2]CC12CCCC1CCC2. The van der Waals surface area contributed by atoms with E-state index < -0.39 is 0 Å². The van der Waals surface area contributed by atoms with E-state index in [1.165, 1.54) is 44.9 Å². The molecule has 2 aliphatic rings. The summed E-state index contributed by atoms with van der Waals surface area (Å²) in [6, 6.07) is 0. The lowest BCUT2D eigenvalue weighted by atomic mass is 9.78. The van der Waals surface area contributed by atoms with E-state index in [1.807, 2.05) is 0 Å². The molecule has 0 nitrogen and oxygen atoms in total. The number of fused-ring (bicyclic) bond motifs is 1. The van der Waals surface area contributed by atoms with E-state index in [0.717, 1.165) is 11.3 Å². The maximum atomic E-state index is 4.10. The second-order valence-corrected chi connectivity index (χ2v) is 4.09. The van der Waals surface area contributed by atoms with Crippen molar-refractivity contribution in [2.45, 2.75) is 44.9 Å². The summed E-state index contributed by atoms with van der Waals surface area (Å²) in [5.41, 5.74) is 0.736. The monoisotopic (exact) mass is 137 g/mol. The molecular formula is C10H17. The molecule has 0 aliphatic heterocycles. The van der Waals surface area contributed by atoms with E-state index in [9.17, 15) is 0 Å². The number of rotatable bonds is 1. The quantitative estimate of drug-likeness (QED) is 0.520. The van der Waals surface area contributed by atoms with Gasteiger partial charge in [0.1, 0.15) is 0 Å². The zero-order chi connectivity index (χ0) is 7.03. The maximum Gasteiger partial charge on any atom is -0.0269 e. The zero-order valence-corrected chi connectivity index (χ0v) is 6.73. The summed E-state index contributed by atoms with van der Waals surface area (Å²) < 4.78 is 0. The normalized spacial score (nSPS) is 45.9. The van der Waals surface area contributed by atoms with Crippen molar-refractivity contribution in [3.05, 3.63) is 6.92 Å². The molecule has 0 aromatic rings. The summed E-state index contributed by atoms with van der Waals surface area (Å²) in [6.45, 7) is 4.10. The fourth-order valence-corrected chi connectivity index (χ4v) is 3.15.